The normalized spacial score (nSPS) is 20.1. The largest absolute Gasteiger partial charge is 0.472 e. The molecule has 3 heteroatoms. The molecular formula is C21H26O3. The minimum absolute atomic E-state index is 0.244. The van der Waals surface area contributed by atoms with Crippen LogP contribution in [0.15, 0.2) is 69.1 Å². The summed E-state index contributed by atoms with van der Waals surface area (Å²) in [7, 11) is 0. The van der Waals surface area contributed by atoms with Crippen LogP contribution in [-0.4, -0.2) is 12.7 Å². The van der Waals surface area contributed by atoms with Gasteiger partial charge in [0.25, 0.3) is 0 Å². The fourth-order valence-electron chi connectivity index (χ4n) is 3.12. The number of hydrogen-bond acceptors (Lipinski definition) is 3. The fourth-order valence-corrected chi connectivity index (χ4v) is 3.12. The highest BCUT2D eigenvalue weighted by atomic mass is 16.5. The summed E-state index contributed by atoms with van der Waals surface area (Å²) < 4.78 is 16.4. The van der Waals surface area contributed by atoms with E-state index >= 15 is 0 Å². The number of furan rings is 2. The van der Waals surface area contributed by atoms with Crippen LogP contribution in [0.25, 0.3) is 0 Å². The summed E-state index contributed by atoms with van der Waals surface area (Å²) in [6.07, 6.45) is 16.5. The van der Waals surface area contributed by atoms with Gasteiger partial charge in [0, 0.05) is 12.8 Å². The first kappa shape index (κ1) is 16.8. The van der Waals surface area contributed by atoms with Gasteiger partial charge >= 0.3 is 0 Å². The molecule has 128 valence electrons. The summed E-state index contributed by atoms with van der Waals surface area (Å²) in [6.45, 7) is 2.97. The maximum absolute atomic E-state index is 5.89. The number of aryl methyl sites for hydroxylation is 2. The van der Waals surface area contributed by atoms with Crippen molar-refractivity contribution in [3.05, 3.63) is 71.6 Å². The van der Waals surface area contributed by atoms with E-state index in [1.807, 2.05) is 24.5 Å². The topological polar surface area (TPSA) is 35.5 Å². The maximum Gasteiger partial charge on any atom is 0.104 e. The average molecular weight is 326 g/mol. The van der Waals surface area contributed by atoms with Crippen molar-refractivity contribution >= 4 is 0 Å². The highest BCUT2D eigenvalue weighted by Gasteiger charge is 2.17. The number of hydrogen-bond donors (Lipinski definition) is 0. The molecule has 0 aliphatic carbocycles. The summed E-state index contributed by atoms with van der Waals surface area (Å²) in [4.78, 5) is 0. The standard InChI is InChI=1S/C21H26O3/c1-17(5-2-6-18-10-12-22-15-18)13-21-14-19(16-24-21)7-3-8-20-9-4-11-23-20/h4,7,9-13,15,21H,2-3,5-6,8,14,16H2,1H3. The first-order valence-corrected chi connectivity index (χ1v) is 8.80. The Hall–Kier alpha value is -2.00. The molecule has 0 aromatic carbocycles. The Labute approximate surface area is 144 Å². The van der Waals surface area contributed by atoms with Gasteiger partial charge in [-0.3, -0.25) is 0 Å². The van der Waals surface area contributed by atoms with Gasteiger partial charge in [-0.05, 0) is 61.9 Å². The van der Waals surface area contributed by atoms with Crippen LogP contribution >= 0.6 is 0 Å². The third-order valence-electron chi connectivity index (χ3n) is 4.44. The van der Waals surface area contributed by atoms with Crippen LogP contribution in [-0.2, 0) is 17.6 Å². The van der Waals surface area contributed by atoms with Crippen LogP contribution in [0.4, 0.5) is 0 Å². The number of ether oxygens (including phenoxy) is 1. The van der Waals surface area contributed by atoms with Crippen molar-refractivity contribution < 1.29 is 13.6 Å². The third-order valence-corrected chi connectivity index (χ3v) is 4.44. The Morgan fingerprint density at radius 3 is 3.00 bits per heavy atom. The molecular weight excluding hydrogens is 300 g/mol. The molecule has 0 radical (unpaired) electrons. The lowest BCUT2D eigenvalue weighted by atomic mass is 10.0. The van der Waals surface area contributed by atoms with E-state index < -0.39 is 0 Å². The first-order chi connectivity index (χ1) is 11.8. The summed E-state index contributed by atoms with van der Waals surface area (Å²) in [5.41, 5.74) is 4.11. The molecule has 1 aliphatic rings. The van der Waals surface area contributed by atoms with Crippen molar-refractivity contribution in [3.8, 4) is 0 Å². The quantitative estimate of drug-likeness (QED) is 0.602. The third kappa shape index (κ3) is 5.27. The molecule has 24 heavy (non-hydrogen) atoms. The lowest BCUT2D eigenvalue weighted by Crippen LogP contribution is -2.00. The van der Waals surface area contributed by atoms with E-state index in [1.165, 1.54) is 16.7 Å². The monoisotopic (exact) mass is 326 g/mol. The molecule has 0 saturated carbocycles. The lowest BCUT2D eigenvalue weighted by molar-refractivity contribution is 0.149. The predicted molar refractivity (Wildman–Crippen MR) is 94.9 cm³/mol. The highest BCUT2D eigenvalue weighted by molar-refractivity contribution is 5.15. The molecule has 2 aromatic rings. The van der Waals surface area contributed by atoms with Crippen molar-refractivity contribution in [1.82, 2.24) is 0 Å². The van der Waals surface area contributed by atoms with Gasteiger partial charge in [0.1, 0.15) is 5.76 Å². The predicted octanol–water partition coefficient (Wildman–Crippen LogP) is 5.49. The second-order valence-corrected chi connectivity index (χ2v) is 6.53. The Balaban J connectivity index is 1.37. The van der Waals surface area contributed by atoms with Crippen molar-refractivity contribution in [1.29, 1.82) is 0 Å². The Bertz CT molecular complexity index is 647. The van der Waals surface area contributed by atoms with Gasteiger partial charge in [-0.1, -0.05) is 17.7 Å². The lowest BCUT2D eigenvalue weighted by Gasteiger charge is -2.06. The molecule has 0 N–H and O–H groups in total. The van der Waals surface area contributed by atoms with E-state index in [-0.39, 0.29) is 6.10 Å². The minimum atomic E-state index is 0.244. The van der Waals surface area contributed by atoms with Gasteiger partial charge < -0.3 is 13.6 Å². The zero-order valence-corrected chi connectivity index (χ0v) is 14.4. The van der Waals surface area contributed by atoms with Gasteiger partial charge in [-0.15, -0.1) is 0 Å². The van der Waals surface area contributed by atoms with Gasteiger partial charge in [-0.25, -0.2) is 0 Å². The van der Waals surface area contributed by atoms with E-state index in [1.54, 1.807) is 12.5 Å². The van der Waals surface area contributed by atoms with Crippen LogP contribution in [0.2, 0.25) is 0 Å². The van der Waals surface area contributed by atoms with E-state index in [0.29, 0.717) is 0 Å². The van der Waals surface area contributed by atoms with E-state index in [4.69, 9.17) is 13.6 Å². The summed E-state index contributed by atoms with van der Waals surface area (Å²) in [5.74, 6) is 1.05. The average Bonchev–Trinajstić information content (AvgIpc) is 3.30. The molecule has 1 saturated heterocycles. The Kier molecular flexibility index (Phi) is 6.13. The summed E-state index contributed by atoms with van der Waals surface area (Å²) in [5, 5.41) is 0. The van der Waals surface area contributed by atoms with Gasteiger partial charge in [0.15, 0.2) is 0 Å². The van der Waals surface area contributed by atoms with Crippen molar-refractivity contribution in [3.63, 3.8) is 0 Å². The molecule has 1 aliphatic heterocycles. The zero-order chi connectivity index (χ0) is 16.6. The molecule has 1 unspecified atom stereocenters. The van der Waals surface area contributed by atoms with E-state index in [2.05, 4.69) is 19.1 Å². The number of allylic oxidation sites excluding steroid dienone is 2. The molecule has 3 heterocycles. The molecule has 2 aromatic heterocycles. The van der Waals surface area contributed by atoms with Crippen LogP contribution in [0.5, 0.6) is 0 Å². The molecule has 1 fully saturated rings. The Morgan fingerprint density at radius 1 is 1.25 bits per heavy atom. The molecule has 3 nitrogen and oxygen atoms in total. The molecule has 1 atom stereocenters. The highest BCUT2D eigenvalue weighted by Crippen LogP contribution is 2.23. The number of rotatable bonds is 8. The van der Waals surface area contributed by atoms with E-state index in [9.17, 15) is 0 Å². The van der Waals surface area contributed by atoms with Crippen molar-refractivity contribution in [2.24, 2.45) is 0 Å². The maximum atomic E-state index is 5.89. The van der Waals surface area contributed by atoms with Crippen molar-refractivity contribution in [2.75, 3.05) is 6.61 Å². The molecule has 0 amide bonds. The Morgan fingerprint density at radius 2 is 2.21 bits per heavy atom. The van der Waals surface area contributed by atoms with Gasteiger partial charge in [-0.2, -0.15) is 0 Å². The smallest absolute Gasteiger partial charge is 0.104 e. The molecule has 0 spiro atoms. The van der Waals surface area contributed by atoms with Crippen LogP contribution < -0.4 is 0 Å². The second-order valence-electron chi connectivity index (χ2n) is 6.53. The van der Waals surface area contributed by atoms with Gasteiger partial charge in [0.2, 0.25) is 0 Å². The summed E-state index contributed by atoms with van der Waals surface area (Å²) in [6, 6.07) is 6.01. The molecule has 3 rings (SSSR count). The van der Waals surface area contributed by atoms with Gasteiger partial charge in [0.05, 0.1) is 31.5 Å². The van der Waals surface area contributed by atoms with E-state index in [0.717, 1.165) is 50.9 Å². The SMILES string of the molecule is CC(=CC1CC(=CCCc2ccco2)CO1)CCCc1ccoc1. The second kappa shape index (κ2) is 8.74. The minimum Gasteiger partial charge on any atom is -0.472 e. The fraction of sp³-hybridized carbons (Fsp3) is 0.429. The summed E-state index contributed by atoms with van der Waals surface area (Å²) >= 11 is 0. The first-order valence-electron chi connectivity index (χ1n) is 8.80. The van der Waals surface area contributed by atoms with Crippen LogP contribution in [0.3, 0.4) is 0 Å². The van der Waals surface area contributed by atoms with Crippen LogP contribution in [0, 0.1) is 0 Å². The molecule has 0 bridgehead atoms. The zero-order valence-electron chi connectivity index (χ0n) is 14.4. The van der Waals surface area contributed by atoms with Crippen LogP contribution in [0.1, 0.15) is 43.9 Å². The van der Waals surface area contributed by atoms with Crippen molar-refractivity contribution in [2.45, 2.75) is 51.6 Å².